The average Bonchev–Trinajstić information content (AvgIpc) is 2.43. The quantitative estimate of drug-likeness (QED) is 0.532. The monoisotopic (exact) mass is 299 g/mol. The number of hydrogen-bond acceptors (Lipinski definition) is 5. The van der Waals surface area contributed by atoms with E-state index in [9.17, 15) is 8.42 Å². The molecule has 6 nitrogen and oxygen atoms in total. The number of sulfone groups is 1. The van der Waals surface area contributed by atoms with E-state index in [1.165, 1.54) is 12.1 Å². The lowest BCUT2D eigenvalue weighted by Gasteiger charge is -2.15. The highest BCUT2D eigenvalue weighted by molar-refractivity contribution is 7.91. The summed E-state index contributed by atoms with van der Waals surface area (Å²) in [5, 5.41) is 7.27. The van der Waals surface area contributed by atoms with Crippen molar-refractivity contribution >= 4 is 15.7 Å². The number of likely N-dealkylation sites (N-methyl/N-ethyl adjacent to an activating group) is 1. The highest BCUT2D eigenvalue weighted by atomic mass is 32.2. The Morgan fingerprint density at radius 1 is 1.30 bits per heavy atom. The molecule has 0 unspecified atom stereocenters. The Bertz CT molecular complexity index is 540. The predicted molar refractivity (Wildman–Crippen MR) is 78.9 cm³/mol. The van der Waals surface area contributed by atoms with Gasteiger partial charge < -0.3 is 15.4 Å². The summed E-state index contributed by atoms with van der Waals surface area (Å²) in [7, 11) is 0.150. The molecule has 0 atom stereocenters. The standard InChI is InChI=1S/C13H21N3O3S/c1-16(7-9-19-2)8-10-20(17,18)12-5-3-11(4-6-12)13(14)15/h3-6H,7-10H2,1-2H3,(H3,14,15). The summed E-state index contributed by atoms with van der Waals surface area (Å²) in [6, 6.07) is 6.07. The van der Waals surface area contributed by atoms with E-state index >= 15 is 0 Å². The van der Waals surface area contributed by atoms with Crippen molar-refractivity contribution in [2.45, 2.75) is 4.90 Å². The minimum Gasteiger partial charge on any atom is -0.384 e. The molecule has 0 aliphatic heterocycles. The van der Waals surface area contributed by atoms with Gasteiger partial charge in [-0.1, -0.05) is 12.1 Å². The fraction of sp³-hybridized carbons (Fsp3) is 0.462. The van der Waals surface area contributed by atoms with Crippen LogP contribution in [0, 0.1) is 5.41 Å². The largest absolute Gasteiger partial charge is 0.384 e. The number of nitrogens with zero attached hydrogens (tertiary/aromatic N) is 1. The molecule has 0 aliphatic carbocycles. The smallest absolute Gasteiger partial charge is 0.179 e. The number of benzene rings is 1. The van der Waals surface area contributed by atoms with Crippen molar-refractivity contribution in [1.29, 1.82) is 5.41 Å². The minimum atomic E-state index is -3.32. The zero-order valence-electron chi connectivity index (χ0n) is 11.8. The van der Waals surface area contributed by atoms with Crippen LogP contribution in [0.4, 0.5) is 0 Å². The van der Waals surface area contributed by atoms with Gasteiger partial charge in [-0.25, -0.2) is 8.42 Å². The number of ether oxygens (including phenoxy) is 1. The fourth-order valence-electron chi connectivity index (χ4n) is 1.59. The van der Waals surface area contributed by atoms with Gasteiger partial charge in [0.15, 0.2) is 9.84 Å². The topological polar surface area (TPSA) is 96.5 Å². The lowest BCUT2D eigenvalue weighted by Crippen LogP contribution is -2.28. The number of amidine groups is 1. The van der Waals surface area contributed by atoms with Crippen molar-refractivity contribution in [3.8, 4) is 0 Å². The lowest BCUT2D eigenvalue weighted by molar-refractivity contribution is 0.164. The van der Waals surface area contributed by atoms with Crippen LogP contribution >= 0.6 is 0 Å². The van der Waals surface area contributed by atoms with Crippen LogP contribution in [-0.4, -0.2) is 58.8 Å². The van der Waals surface area contributed by atoms with Gasteiger partial charge in [0.2, 0.25) is 0 Å². The Kier molecular flexibility index (Phi) is 6.12. The zero-order valence-corrected chi connectivity index (χ0v) is 12.6. The van der Waals surface area contributed by atoms with E-state index in [-0.39, 0.29) is 16.5 Å². The van der Waals surface area contributed by atoms with E-state index in [1.807, 2.05) is 11.9 Å². The molecule has 0 fully saturated rings. The molecule has 7 heteroatoms. The highest BCUT2D eigenvalue weighted by Gasteiger charge is 2.15. The van der Waals surface area contributed by atoms with E-state index in [1.54, 1.807) is 19.2 Å². The Labute approximate surface area is 120 Å². The first-order chi connectivity index (χ1) is 9.36. The molecule has 0 saturated carbocycles. The number of nitrogens with two attached hydrogens (primary N) is 1. The molecule has 1 aromatic carbocycles. The van der Waals surface area contributed by atoms with Crippen molar-refractivity contribution in [3.05, 3.63) is 29.8 Å². The second-order valence-corrected chi connectivity index (χ2v) is 6.66. The van der Waals surface area contributed by atoms with Gasteiger partial charge in [0.25, 0.3) is 0 Å². The van der Waals surface area contributed by atoms with Crippen LogP contribution in [-0.2, 0) is 14.6 Å². The summed E-state index contributed by atoms with van der Waals surface area (Å²) in [5.41, 5.74) is 5.85. The van der Waals surface area contributed by atoms with Crippen LogP contribution in [0.15, 0.2) is 29.2 Å². The van der Waals surface area contributed by atoms with Crippen LogP contribution in [0.2, 0.25) is 0 Å². The Morgan fingerprint density at radius 2 is 1.90 bits per heavy atom. The normalized spacial score (nSPS) is 11.8. The fourth-order valence-corrected chi connectivity index (χ4v) is 2.93. The minimum absolute atomic E-state index is 0.0482. The van der Waals surface area contributed by atoms with Gasteiger partial charge in [0, 0.05) is 25.8 Å². The molecule has 0 aromatic heterocycles. The van der Waals surface area contributed by atoms with Gasteiger partial charge in [0.05, 0.1) is 17.3 Å². The molecule has 0 bridgehead atoms. The summed E-state index contributed by atoms with van der Waals surface area (Å²) >= 11 is 0. The SMILES string of the molecule is COCCN(C)CCS(=O)(=O)c1ccc(C(=N)N)cc1. The molecule has 0 spiro atoms. The molecule has 0 heterocycles. The van der Waals surface area contributed by atoms with E-state index in [2.05, 4.69) is 0 Å². The van der Waals surface area contributed by atoms with Crippen molar-refractivity contribution < 1.29 is 13.2 Å². The maximum Gasteiger partial charge on any atom is 0.179 e. The first kappa shape index (κ1) is 16.6. The van der Waals surface area contributed by atoms with Crippen LogP contribution < -0.4 is 5.73 Å². The molecule has 0 radical (unpaired) electrons. The van der Waals surface area contributed by atoms with Gasteiger partial charge in [-0.05, 0) is 19.2 Å². The third-order valence-electron chi connectivity index (χ3n) is 2.94. The molecule has 20 heavy (non-hydrogen) atoms. The van der Waals surface area contributed by atoms with Gasteiger partial charge in [-0.2, -0.15) is 0 Å². The molecule has 0 aliphatic rings. The molecular weight excluding hydrogens is 278 g/mol. The van der Waals surface area contributed by atoms with Crippen LogP contribution in [0.1, 0.15) is 5.56 Å². The Hall–Kier alpha value is -1.44. The van der Waals surface area contributed by atoms with Crippen molar-refractivity contribution in [2.24, 2.45) is 5.73 Å². The summed E-state index contributed by atoms with van der Waals surface area (Å²) < 4.78 is 29.2. The molecule has 1 aromatic rings. The number of hydrogen-bond donors (Lipinski definition) is 2. The molecule has 3 N–H and O–H groups in total. The molecule has 0 amide bonds. The maximum absolute atomic E-state index is 12.1. The van der Waals surface area contributed by atoms with Crippen LogP contribution in [0.5, 0.6) is 0 Å². The highest BCUT2D eigenvalue weighted by Crippen LogP contribution is 2.12. The second kappa shape index (κ2) is 7.37. The predicted octanol–water partition coefficient (Wildman–Crippen LogP) is 0.323. The summed E-state index contributed by atoms with van der Waals surface area (Å²) in [5.74, 6) is -0.0275. The second-order valence-electron chi connectivity index (χ2n) is 4.55. The van der Waals surface area contributed by atoms with E-state index in [0.717, 1.165) is 0 Å². The van der Waals surface area contributed by atoms with Gasteiger partial charge >= 0.3 is 0 Å². The van der Waals surface area contributed by atoms with E-state index < -0.39 is 9.84 Å². The maximum atomic E-state index is 12.1. The van der Waals surface area contributed by atoms with Gasteiger partial charge in [0.1, 0.15) is 5.84 Å². The number of nitrogen functional groups attached to an aromatic ring is 1. The third-order valence-corrected chi connectivity index (χ3v) is 4.65. The molecular formula is C13H21N3O3S. The van der Waals surface area contributed by atoms with E-state index in [0.29, 0.717) is 25.3 Å². The number of rotatable bonds is 8. The summed E-state index contributed by atoms with van der Waals surface area (Å²) in [6.07, 6.45) is 0. The first-order valence-electron chi connectivity index (χ1n) is 6.21. The van der Waals surface area contributed by atoms with Gasteiger partial charge in [-0.15, -0.1) is 0 Å². The molecule has 1 rings (SSSR count). The van der Waals surface area contributed by atoms with Crippen molar-refractivity contribution in [2.75, 3.05) is 39.6 Å². The molecule has 0 saturated heterocycles. The Morgan fingerprint density at radius 3 is 2.40 bits per heavy atom. The lowest BCUT2D eigenvalue weighted by atomic mass is 10.2. The van der Waals surface area contributed by atoms with Crippen molar-refractivity contribution in [3.63, 3.8) is 0 Å². The molecule has 112 valence electrons. The van der Waals surface area contributed by atoms with Gasteiger partial charge in [-0.3, -0.25) is 5.41 Å². The summed E-state index contributed by atoms with van der Waals surface area (Å²) in [6.45, 7) is 1.71. The van der Waals surface area contributed by atoms with Crippen LogP contribution in [0.3, 0.4) is 0 Å². The van der Waals surface area contributed by atoms with Crippen LogP contribution in [0.25, 0.3) is 0 Å². The third kappa shape index (κ3) is 4.92. The Balaban J connectivity index is 2.66. The number of methoxy groups -OCH3 is 1. The van der Waals surface area contributed by atoms with E-state index in [4.69, 9.17) is 15.9 Å². The van der Waals surface area contributed by atoms with Crippen molar-refractivity contribution in [1.82, 2.24) is 4.90 Å². The average molecular weight is 299 g/mol. The zero-order chi connectivity index (χ0) is 15.2. The summed E-state index contributed by atoms with van der Waals surface area (Å²) in [4.78, 5) is 2.16. The number of nitrogens with one attached hydrogen (secondary N) is 1. The first-order valence-corrected chi connectivity index (χ1v) is 7.87.